The second kappa shape index (κ2) is 10.2. The van der Waals surface area contributed by atoms with Gasteiger partial charge in [-0.3, -0.25) is 9.59 Å². The molecular weight excluding hydrogens is 440 g/mol. The molecule has 1 saturated heterocycles. The van der Waals surface area contributed by atoms with Gasteiger partial charge in [0.15, 0.2) is 5.78 Å². The lowest BCUT2D eigenvalue weighted by atomic mass is 10.0. The van der Waals surface area contributed by atoms with Crippen molar-refractivity contribution < 1.29 is 14.3 Å². The first-order valence-electron chi connectivity index (χ1n) is 12.1. The summed E-state index contributed by atoms with van der Waals surface area (Å²) >= 11 is 0. The number of anilines is 2. The normalized spacial score (nSPS) is 15.6. The summed E-state index contributed by atoms with van der Waals surface area (Å²) in [5, 5.41) is 9.78. The van der Waals surface area contributed by atoms with Gasteiger partial charge in [-0.2, -0.15) is 5.26 Å². The Hall–Kier alpha value is -3.79. The molecule has 0 bridgehead atoms. The first-order chi connectivity index (χ1) is 16.8. The van der Waals surface area contributed by atoms with Crippen molar-refractivity contribution in [2.45, 2.75) is 45.6 Å². The SMILES string of the molecule is Cc1ccc(OC2CCN(C(=O)CCC(=O)C(C#N)=C3N(C)c4ccccc4N3C)CC2)cc1C. The van der Waals surface area contributed by atoms with E-state index in [2.05, 4.69) is 32.0 Å². The van der Waals surface area contributed by atoms with Crippen LogP contribution in [0.15, 0.2) is 53.9 Å². The summed E-state index contributed by atoms with van der Waals surface area (Å²) in [6, 6.07) is 15.9. The minimum absolute atomic E-state index is 0.0162. The quantitative estimate of drug-likeness (QED) is 0.460. The standard InChI is InChI=1S/C28H32N4O3/c1-19-9-10-22(17-20(19)2)35-21-13-15-32(16-14-21)27(34)12-11-26(33)23(18-29)28-30(3)24-7-5-6-8-25(24)31(28)4/h5-10,17,21H,11-16H2,1-4H3. The van der Waals surface area contributed by atoms with Crippen LogP contribution in [0, 0.1) is 25.2 Å². The van der Waals surface area contributed by atoms with Crippen LogP contribution in [-0.2, 0) is 9.59 Å². The number of nitriles is 1. The second-order valence-corrected chi connectivity index (χ2v) is 9.28. The molecule has 0 N–H and O–H groups in total. The van der Waals surface area contributed by atoms with Crippen molar-refractivity contribution in [1.29, 1.82) is 5.26 Å². The molecule has 182 valence electrons. The molecule has 0 atom stereocenters. The number of carbonyl (C=O) groups excluding carboxylic acids is 2. The molecule has 0 aromatic heterocycles. The molecule has 0 unspecified atom stereocenters. The predicted octanol–water partition coefficient (Wildman–Crippen LogP) is 4.34. The zero-order valence-electron chi connectivity index (χ0n) is 20.9. The average Bonchev–Trinajstić information content (AvgIpc) is 3.11. The topological polar surface area (TPSA) is 76.9 Å². The van der Waals surface area contributed by atoms with Crippen molar-refractivity contribution in [2.24, 2.45) is 0 Å². The van der Waals surface area contributed by atoms with Gasteiger partial charge in [0.2, 0.25) is 5.91 Å². The first kappa shape index (κ1) is 24.3. The van der Waals surface area contributed by atoms with Crippen molar-refractivity contribution in [3.63, 3.8) is 0 Å². The molecule has 2 heterocycles. The number of ether oxygens (including phenoxy) is 1. The molecule has 2 aliphatic heterocycles. The molecule has 7 nitrogen and oxygen atoms in total. The van der Waals surface area contributed by atoms with E-state index < -0.39 is 0 Å². The summed E-state index contributed by atoms with van der Waals surface area (Å²) in [5.74, 6) is 1.05. The number of fused-ring (bicyclic) bond motifs is 1. The molecule has 0 spiro atoms. The summed E-state index contributed by atoms with van der Waals surface area (Å²) in [6.45, 7) is 5.36. The largest absolute Gasteiger partial charge is 0.490 e. The van der Waals surface area contributed by atoms with Crippen LogP contribution >= 0.6 is 0 Å². The lowest BCUT2D eigenvalue weighted by molar-refractivity contribution is -0.134. The Balaban J connectivity index is 1.32. The fraction of sp³-hybridized carbons (Fsp3) is 0.393. The van der Waals surface area contributed by atoms with Crippen molar-refractivity contribution in [3.05, 3.63) is 65.0 Å². The lowest BCUT2D eigenvalue weighted by Gasteiger charge is -2.32. The third-order valence-electron chi connectivity index (χ3n) is 7.00. The molecular formula is C28H32N4O3. The number of Topliss-reactive ketones (excluding diaryl/α,β-unsaturated/α-hetero) is 1. The summed E-state index contributed by atoms with van der Waals surface area (Å²) in [5.41, 5.74) is 4.39. The van der Waals surface area contributed by atoms with E-state index >= 15 is 0 Å². The number of aryl methyl sites for hydroxylation is 2. The van der Waals surface area contributed by atoms with Gasteiger partial charge in [0.25, 0.3) is 0 Å². The maximum absolute atomic E-state index is 13.0. The minimum Gasteiger partial charge on any atom is -0.490 e. The van der Waals surface area contributed by atoms with Crippen LogP contribution in [0.25, 0.3) is 0 Å². The van der Waals surface area contributed by atoms with Crippen LogP contribution in [-0.4, -0.2) is 49.9 Å². The van der Waals surface area contributed by atoms with E-state index in [0.29, 0.717) is 18.9 Å². The number of para-hydroxylation sites is 2. The van der Waals surface area contributed by atoms with Crippen LogP contribution in [0.5, 0.6) is 5.75 Å². The summed E-state index contributed by atoms with van der Waals surface area (Å²) in [6.07, 6.45) is 1.71. The van der Waals surface area contributed by atoms with Crippen LogP contribution in [0.3, 0.4) is 0 Å². The number of rotatable bonds is 6. The van der Waals surface area contributed by atoms with Crippen LogP contribution in [0.2, 0.25) is 0 Å². The zero-order chi connectivity index (χ0) is 25.1. The highest BCUT2D eigenvalue weighted by molar-refractivity contribution is 6.03. The van der Waals surface area contributed by atoms with Gasteiger partial charge in [-0.25, -0.2) is 0 Å². The summed E-state index contributed by atoms with van der Waals surface area (Å²) in [4.78, 5) is 31.3. The second-order valence-electron chi connectivity index (χ2n) is 9.28. The number of piperidine rings is 1. The average molecular weight is 473 g/mol. The van der Waals surface area contributed by atoms with E-state index in [1.54, 1.807) is 4.90 Å². The van der Waals surface area contributed by atoms with E-state index in [4.69, 9.17) is 4.74 Å². The maximum atomic E-state index is 13.0. The van der Waals surface area contributed by atoms with Crippen molar-refractivity contribution in [3.8, 4) is 11.8 Å². The number of likely N-dealkylation sites (tertiary alicyclic amines) is 1. The van der Waals surface area contributed by atoms with Crippen LogP contribution in [0.1, 0.15) is 36.8 Å². The molecule has 2 aliphatic rings. The number of benzene rings is 2. The molecule has 4 rings (SSSR count). The van der Waals surface area contributed by atoms with Crippen LogP contribution in [0.4, 0.5) is 11.4 Å². The zero-order valence-corrected chi connectivity index (χ0v) is 20.9. The number of carbonyl (C=O) groups is 2. The highest BCUT2D eigenvalue weighted by Gasteiger charge is 2.31. The van der Waals surface area contributed by atoms with Crippen molar-refractivity contribution >= 4 is 23.1 Å². The van der Waals surface area contributed by atoms with Gasteiger partial charge in [0.05, 0.1) is 11.4 Å². The Morgan fingerprint density at radius 2 is 1.60 bits per heavy atom. The first-order valence-corrected chi connectivity index (χ1v) is 12.1. The molecule has 1 fully saturated rings. The fourth-order valence-electron chi connectivity index (χ4n) is 4.76. The minimum atomic E-state index is -0.310. The van der Waals surface area contributed by atoms with E-state index in [-0.39, 0.29) is 36.2 Å². The summed E-state index contributed by atoms with van der Waals surface area (Å²) in [7, 11) is 3.69. The number of allylic oxidation sites excluding steroid dienone is 1. The third-order valence-corrected chi connectivity index (χ3v) is 7.00. The van der Waals surface area contributed by atoms with Gasteiger partial charge < -0.3 is 19.4 Å². The number of nitrogens with zero attached hydrogens (tertiary/aromatic N) is 4. The van der Waals surface area contributed by atoms with E-state index in [1.807, 2.05) is 54.2 Å². The molecule has 0 aliphatic carbocycles. The predicted molar refractivity (Wildman–Crippen MR) is 136 cm³/mol. The number of hydrogen-bond acceptors (Lipinski definition) is 6. The number of amides is 1. The van der Waals surface area contributed by atoms with E-state index in [9.17, 15) is 14.9 Å². The van der Waals surface area contributed by atoms with Gasteiger partial charge >= 0.3 is 0 Å². The molecule has 2 aromatic carbocycles. The Morgan fingerprint density at radius 1 is 0.971 bits per heavy atom. The van der Waals surface area contributed by atoms with Crippen molar-refractivity contribution in [2.75, 3.05) is 37.0 Å². The van der Waals surface area contributed by atoms with E-state index in [1.165, 1.54) is 11.1 Å². The molecule has 2 aromatic rings. The highest BCUT2D eigenvalue weighted by Crippen LogP contribution is 2.40. The van der Waals surface area contributed by atoms with Crippen LogP contribution < -0.4 is 14.5 Å². The highest BCUT2D eigenvalue weighted by atomic mass is 16.5. The monoisotopic (exact) mass is 472 g/mol. The van der Waals surface area contributed by atoms with E-state index in [0.717, 1.165) is 30.0 Å². The number of hydrogen-bond donors (Lipinski definition) is 0. The van der Waals surface area contributed by atoms with Gasteiger partial charge in [-0.1, -0.05) is 18.2 Å². The number of ketones is 1. The Morgan fingerprint density at radius 3 is 2.17 bits per heavy atom. The third kappa shape index (κ3) is 5.02. The molecule has 7 heteroatoms. The fourth-order valence-corrected chi connectivity index (χ4v) is 4.76. The Kier molecular flexibility index (Phi) is 7.11. The molecule has 0 radical (unpaired) electrons. The smallest absolute Gasteiger partial charge is 0.223 e. The van der Waals surface area contributed by atoms with Crippen molar-refractivity contribution in [1.82, 2.24) is 4.90 Å². The van der Waals surface area contributed by atoms with Gasteiger partial charge in [0, 0.05) is 52.9 Å². The molecule has 0 saturated carbocycles. The summed E-state index contributed by atoms with van der Waals surface area (Å²) < 4.78 is 6.12. The molecule has 1 amide bonds. The lowest BCUT2D eigenvalue weighted by Crippen LogP contribution is -2.41. The Labute approximate surface area is 207 Å². The van der Waals surface area contributed by atoms with Gasteiger partial charge in [-0.15, -0.1) is 0 Å². The van der Waals surface area contributed by atoms with Gasteiger partial charge in [-0.05, 0) is 49.2 Å². The maximum Gasteiger partial charge on any atom is 0.223 e. The Bertz CT molecular complexity index is 1170. The molecule has 35 heavy (non-hydrogen) atoms. The van der Waals surface area contributed by atoms with Gasteiger partial charge in [0.1, 0.15) is 29.3 Å².